The lowest BCUT2D eigenvalue weighted by atomic mass is 10.2. The Labute approximate surface area is 149 Å². The summed E-state index contributed by atoms with van der Waals surface area (Å²) in [5, 5.41) is 2.82. The minimum atomic E-state index is -3.71. The summed E-state index contributed by atoms with van der Waals surface area (Å²) in [5.41, 5.74) is 2.34. The number of hydrogen-bond acceptors (Lipinski definition) is 3. The van der Waals surface area contributed by atoms with E-state index in [9.17, 15) is 13.2 Å². The van der Waals surface area contributed by atoms with Crippen LogP contribution in [0.15, 0.2) is 47.4 Å². The number of rotatable bonds is 7. The van der Waals surface area contributed by atoms with Crippen molar-refractivity contribution in [1.29, 1.82) is 0 Å². The number of carbonyl (C=O) groups excluding carboxylic acids is 1. The molecule has 0 aliphatic rings. The van der Waals surface area contributed by atoms with Gasteiger partial charge in [0.25, 0.3) is 15.9 Å². The SMILES string of the molecule is CCCCNC(=O)c1cccc(NS(=O)(=O)c2cc(C)ccc2C)c1. The quantitative estimate of drug-likeness (QED) is 0.740. The van der Waals surface area contributed by atoms with Crippen LogP contribution in [0, 0.1) is 13.8 Å². The van der Waals surface area contributed by atoms with Crippen molar-refractivity contribution in [2.75, 3.05) is 11.3 Å². The van der Waals surface area contributed by atoms with Gasteiger partial charge in [0.05, 0.1) is 4.90 Å². The molecule has 134 valence electrons. The van der Waals surface area contributed by atoms with Gasteiger partial charge in [0.1, 0.15) is 0 Å². The third kappa shape index (κ3) is 5.06. The molecule has 2 N–H and O–H groups in total. The zero-order valence-corrected chi connectivity index (χ0v) is 15.6. The normalized spacial score (nSPS) is 11.2. The summed E-state index contributed by atoms with van der Waals surface area (Å²) in [6.07, 6.45) is 1.90. The molecular weight excluding hydrogens is 336 g/mol. The van der Waals surface area contributed by atoms with Crippen LogP contribution in [0.5, 0.6) is 0 Å². The van der Waals surface area contributed by atoms with Crippen molar-refractivity contribution < 1.29 is 13.2 Å². The van der Waals surface area contributed by atoms with Crippen molar-refractivity contribution in [2.45, 2.75) is 38.5 Å². The molecule has 0 fully saturated rings. The molecule has 25 heavy (non-hydrogen) atoms. The third-order valence-electron chi connectivity index (χ3n) is 3.83. The Morgan fingerprint density at radius 2 is 1.84 bits per heavy atom. The van der Waals surface area contributed by atoms with Gasteiger partial charge in [0, 0.05) is 17.8 Å². The largest absolute Gasteiger partial charge is 0.352 e. The molecule has 0 atom stereocenters. The lowest BCUT2D eigenvalue weighted by molar-refractivity contribution is 0.0953. The Morgan fingerprint density at radius 1 is 1.08 bits per heavy atom. The van der Waals surface area contributed by atoms with Gasteiger partial charge in [-0.2, -0.15) is 0 Å². The van der Waals surface area contributed by atoms with Crippen molar-refractivity contribution in [2.24, 2.45) is 0 Å². The molecule has 1 amide bonds. The lowest BCUT2D eigenvalue weighted by Crippen LogP contribution is -2.24. The summed E-state index contributed by atoms with van der Waals surface area (Å²) < 4.78 is 27.9. The van der Waals surface area contributed by atoms with Crippen molar-refractivity contribution >= 4 is 21.6 Å². The number of amides is 1. The maximum atomic E-state index is 12.7. The smallest absolute Gasteiger partial charge is 0.262 e. The van der Waals surface area contributed by atoms with Crippen LogP contribution in [0.3, 0.4) is 0 Å². The first kappa shape index (κ1) is 19.0. The number of aryl methyl sites for hydroxylation is 2. The molecule has 2 rings (SSSR count). The molecule has 2 aromatic carbocycles. The molecule has 0 saturated heterocycles. The molecule has 0 radical (unpaired) electrons. The number of unbranched alkanes of at least 4 members (excludes halogenated alkanes) is 1. The molecule has 0 spiro atoms. The fourth-order valence-corrected chi connectivity index (χ4v) is 3.79. The fourth-order valence-electron chi connectivity index (χ4n) is 2.41. The zero-order chi connectivity index (χ0) is 18.4. The van der Waals surface area contributed by atoms with Gasteiger partial charge in [-0.15, -0.1) is 0 Å². The first-order valence-electron chi connectivity index (χ1n) is 8.32. The van der Waals surface area contributed by atoms with Crippen molar-refractivity contribution in [3.8, 4) is 0 Å². The summed E-state index contributed by atoms with van der Waals surface area (Å²) >= 11 is 0. The van der Waals surface area contributed by atoms with Crippen LogP contribution >= 0.6 is 0 Å². The van der Waals surface area contributed by atoms with E-state index in [1.165, 1.54) is 0 Å². The van der Waals surface area contributed by atoms with Crippen molar-refractivity contribution in [3.05, 3.63) is 59.2 Å². The summed E-state index contributed by atoms with van der Waals surface area (Å²) in [7, 11) is -3.71. The van der Waals surface area contributed by atoms with E-state index in [4.69, 9.17) is 0 Å². The Balaban J connectivity index is 2.21. The van der Waals surface area contributed by atoms with Gasteiger partial charge in [0.15, 0.2) is 0 Å². The van der Waals surface area contributed by atoms with Crippen molar-refractivity contribution in [1.82, 2.24) is 5.32 Å². The molecule has 0 bridgehead atoms. The zero-order valence-electron chi connectivity index (χ0n) is 14.8. The van der Waals surface area contributed by atoms with Gasteiger partial charge in [-0.1, -0.05) is 31.5 Å². The molecule has 5 nitrogen and oxygen atoms in total. The highest BCUT2D eigenvalue weighted by atomic mass is 32.2. The van der Waals surface area contributed by atoms with E-state index in [0.29, 0.717) is 23.4 Å². The van der Waals surface area contributed by atoms with Gasteiger partial charge in [0.2, 0.25) is 0 Å². The van der Waals surface area contributed by atoms with Crippen LogP contribution in [0.1, 0.15) is 41.3 Å². The number of hydrogen-bond donors (Lipinski definition) is 2. The third-order valence-corrected chi connectivity index (χ3v) is 5.35. The van der Waals surface area contributed by atoms with Gasteiger partial charge in [-0.05, 0) is 55.7 Å². The highest BCUT2D eigenvalue weighted by Crippen LogP contribution is 2.21. The van der Waals surface area contributed by atoms with Crippen LogP contribution in [0.25, 0.3) is 0 Å². The maximum absolute atomic E-state index is 12.7. The Bertz CT molecular complexity index is 861. The summed E-state index contributed by atoms with van der Waals surface area (Å²) in [6.45, 7) is 6.26. The van der Waals surface area contributed by atoms with Gasteiger partial charge >= 0.3 is 0 Å². The summed E-state index contributed by atoms with van der Waals surface area (Å²) in [5.74, 6) is -0.207. The van der Waals surface area contributed by atoms with Crippen LogP contribution in [-0.4, -0.2) is 20.9 Å². The molecule has 0 saturated carbocycles. The van der Waals surface area contributed by atoms with E-state index < -0.39 is 10.0 Å². The molecule has 2 aromatic rings. The van der Waals surface area contributed by atoms with Gasteiger partial charge in [-0.25, -0.2) is 8.42 Å². The van der Waals surface area contributed by atoms with E-state index in [0.717, 1.165) is 18.4 Å². The second kappa shape index (κ2) is 8.16. The predicted molar refractivity (Wildman–Crippen MR) is 100 cm³/mol. The molecule has 0 heterocycles. The van der Waals surface area contributed by atoms with E-state index in [2.05, 4.69) is 17.0 Å². The number of carbonyl (C=O) groups is 1. The summed E-state index contributed by atoms with van der Waals surface area (Å²) in [4.78, 5) is 12.4. The van der Waals surface area contributed by atoms with E-state index in [1.807, 2.05) is 13.0 Å². The van der Waals surface area contributed by atoms with Crippen LogP contribution in [-0.2, 0) is 10.0 Å². The first-order valence-corrected chi connectivity index (χ1v) is 9.80. The Hall–Kier alpha value is -2.34. The Morgan fingerprint density at radius 3 is 2.56 bits per heavy atom. The fraction of sp³-hybridized carbons (Fsp3) is 0.316. The van der Waals surface area contributed by atoms with Crippen molar-refractivity contribution in [3.63, 3.8) is 0 Å². The van der Waals surface area contributed by atoms with E-state index in [-0.39, 0.29) is 10.8 Å². The molecule has 6 heteroatoms. The number of anilines is 1. The van der Waals surface area contributed by atoms with Crippen LogP contribution in [0.4, 0.5) is 5.69 Å². The topological polar surface area (TPSA) is 75.3 Å². The van der Waals surface area contributed by atoms with E-state index in [1.54, 1.807) is 43.3 Å². The molecular formula is C19H24N2O3S. The highest BCUT2D eigenvalue weighted by Gasteiger charge is 2.17. The maximum Gasteiger partial charge on any atom is 0.262 e. The van der Waals surface area contributed by atoms with Gasteiger partial charge < -0.3 is 5.32 Å². The second-order valence-corrected chi connectivity index (χ2v) is 7.72. The molecule has 0 aliphatic carbocycles. The molecule has 0 aliphatic heterocycles. The standard InChI is InChI=1S/C19H24N2O3S/c1-4-5-11-20-19(22)16-7-6-8-17(13-16)21-25(23,24)18-12-14(2)9-10-15(18)3/h6-10,12-13,21H,4-5,11H2,1-3H3,(H,20,22). The monoisotopic (exact) mass is 360 g/mol. The number of sulfonamides is 1. The second-order valence-electron chi connectivity index (χ2n) is 6.06. The lowest BCUT2D eigenvalue weighted by Gasteiger charge is -2.12. The number of benzene rings is 2. The average Bonchev–Trinajstić information content (AvgIpc) is 2.57. The van der Waals surface area contributed by atoms with Crippen LogP contribution in [0.2, 0.25) is 0 Å². The van der Waals surface area contributed by atoms with Gasteiger partial charge in [-0.3, -0.25) is 9.52 Å². The predicted octanol–water partition coefficient (Wildman–Crippen LogP) is 3.63. The molecule has 0 aromatic heterocycles. The molecule has 0 unspecified atom stereocenters. The number of nitrogens with one attached hydrogen (secondary N) is 2. The first-order chi connectivity index (χ1) is 11.8. The minimum absolute atomic E-state index is 0.207. The minimum Gasteiger partial charge on any atom is -0.352 e. The van der Waals surface area contributed by atoms with E-state index >= 15 is 0 Å². The Kier molecular flexibility index (Phi) is 6.20. The van der Waals surface area contributed by atoms with Crippen LogP contribution < -0.4 is 10.0 Å². The summed E-state index contributed by atoms with van der Waals surface area (Å²) in [6, 6.07) is 11.8. The highest BCUT2D eigenvalue weighted by molar-refractivity contribution is 7.92. The average molecular weight is 360 g/mol.